The molecule has 1 heterocycles. The largest absolute Gasteiger partial charge is 0.497 e. The molecule has 0 saturated heterocycles. The Hall–Kier alpha value is -1.73. The van der Waals surface area contributed by atoms with Crippen LogP contribution < -0.4 is 15.7 Å². The number of thioether (sulfide) groups is 1. The van der Waals surface area contributed by atoms with Gasteiger partial charge in [-0.25, -0.2) is 9.89 Å². The average molecular weight is 308 g/mol. The highest BCUT2D eigenvalue weighted by Crippen LogP contribution is 2.25. The van der Waals surface area contributed by atoms with Gasteiger partial charge in [0, 0.05) is 18.8 Å². The van der Waals surface area contributed by atoms with E-state index in [-0.39, 0.29) is 11.7 Å². The van der Waals surface area contributed by atoms with Crippen LogP contribution in [0.5, 0.6) is 5.75 Å². The molecule has 0 aliphatic rings. The molecule has 1 unspecified atom stereocenters. The van der Waals surface area contributed by atoms with Gasteiger partial charge in [0.2, 0.25) is 0 Å². The molecule has 114 valence electrons. The Morgan fingerprint density at radius 2 is 2.33 bits per heavy atom. The van der Waals surface area contributed by atoms with Crippen LogP contribution in [0, 0.1) is 0 Å². The van der Waals surface area contributed by atoms with Crippen LogP contribution in [0.25, 0.3) is 0 Å². The summed E-state index contributed by atoms with van der Waals surface area (Å²) in [6.45, 7) is 2.93. The lowest BCUT2D eigenvalue weighted by molar-refractivity contribution is 0.413. The van der Waals surface area contributed by atoms with Crippen LogP contribution in [0.3, 0.4) is 0 Å². The second-order valence-electron chi connectivity index (χ2n) is 4.57. The standard InChI is InChI=1S/C14H20N4O2S/c1-4-15-12(10-6-5-7-11(8-10)20-3)9-21-14-17-16-13(19)18(14)2/h5-8,12,15H,4,9H2,1-3H3,(H,16,19). The first-order valence-electron chi connectivity index (χ1n) is 6.77. The van der Waals surface area contributed by atoms with E-state index in [1.54, 1.807) is 25.9 Å². The maximum Gasteiger partial charge on any atom is 0.343 e. The molecule has 0 bridgehead atoms. The molecule has 0 aliphatic heterocycles. The van der Waals surface area contributed by atoms with Crippen molar-refractivity contribution in [3.05, 3.63) is 40.3 Å². The molecule has 21 heavy (non-hydrogen) atoms. The number of benzene rings is 1. The fourth-order valence-corrected chi connectivity index (χ4v) is 3.01. The van der Waals surface area contributed by atoms with E-state index >= 15 is 0 Å². The smallest absolute Gasteiger partial charge is 0.343 e. The summed E-state index contributed by atoms with van der Waals surface area (Å²) in [4.78, 5) is 11.4. The minimum atomic E-state index is -0.195. The first-order chi connectivity index (χ1) is 10.2. The number of methoxy groups -OCH3 is 1. The third kappa shape index (κ3) is 3.89. The summed E-state index contributed by atoms with van der Waals surface area (Å²) in [7, 11) is 3.37. The average Bonchev–Trinajstić information content (AvgIpc) is 2.83. The van der Waals surface area contributed by atoms with E-state index in [9.17, 15) is 4.79 Å². The summed E-state index contributed by atoms with van der Waals surface area (Å²) >= 11 is 1.54. The van der Waals surface area contributed by atoms with Crippen LogP contribution in [0.1, 0.15) is 18.5 Å². The Morgan fingerprint density at radius 1 is 1.52 bits per heavy atom. The maximum absolute atomic E-state index is 11.4. The zero-order valence-corrected chi connectivity index (χ0v) is 13.2. The van der Waals surface area contributed by atoms with E-state index < -0.39 is 0 Å². The Bertz CT molecular complexity index is 638. The lowest BCUT2D eigenvalue weighted by Crippen LogP contribution is -2.23. The van der Waals surface area contributed by atoms with Crippen LogP contribution >= 0.6 is 11.8 Å². The summed E-state index contributed by atoms with van der Waals surface area (Å²) in [5.41, 5.74) is 0.961. The summed E-state index contributed by atoms with van der Waals surface area (Å²) in [5, 5.41) is 10.6. The minimum absolute atomic E-state index is 0.168. The number of hydrogen-bond donors (Lipinski definition) is 2. The van der Waals surface area contributed by atoms with Crippen LogP contribution in [0.2, 0.25) is 0 Å². The van der Waals surface area contributed by atoms with Gasteiger partial charge in [-0.15, -0.1) is 5.10 Å². The normalized spacial score (nSPS) is 12.3. The Morgan fingerprint density at radius 3 is 2.95 bits per heavy atom. The zero-order chi connectivity index (χ0) is 15.2. The van der Waals surface area contributed by atoms with Gasteiger partial charge >= 0.3 is 5.69 Å². The Balaban J connectivity index is 2.11. The first-order valence-corrected chi connectivity index (χ1v) is 7.75. The Labute approximate surface area is 127 Å². The van der Waals surface area contributed by atoms with Gasteiger partial charge < -0.3 is 10.1 Å². The maximum atomic E-state index is 11.4. The summed E-state index contributed by atoms with van der Waals surface area (Å²) in [6, 6.07) is 8.17. The molecular formula is C14H20N4O2S. The molecule has 0 radical (unpaired) electrons. The van der Waals surface area contributed by atoms with Crippen molar-refractivity contribution in [2.45, 2.75) is 18.1 Å². The molecule has 0 spiro atoms. The van der Waals surface area contributed by atoms with E-state index in [0.717, 1.165) is 23.6 Å². The number of H-pyrrole nitrogens is 1. The number of aromatic amines is 1. The van der Waals surface area contributed by atoms with Gasteiger partial charge in [0.25, 0.3) is 0 Å². The van der Waals surface area contributed by atoms with Gasteiger partial charge in [-0.2, -0.15) is 0 Å². The number of hydrogen-bond acceptors (Lipinski definition) is 5. The fraction of sp³-hybridized carbons (Fsp3) is 0.429. The molecule has 1 aromatic carbocycles. The SMILES string of the molecule is CCNC(CSc1n[nH]c(=O)n1C)c1cccc(OC)c1. The molecule has 1 aromatic heterocycles. The molecule has 2 rings (SSSR count). The number of rotatable bonds is 7. The van der Waals surface area contributed by atoms with Crippen molar-refractivity contribution in [2.75, 3.05) is 19.4 Å². The number of nitrogens with one attached hydrogen (secondary N) is 2. The summed E-state index contributed by atoms with van der Waals surface area (Å²) in [5.74, 6) is 1.62. The minimum Gasteiger partial charge on any atom is -0.497 e. The molecule has 6 nitrogen and oxygen atoms in total. The quantitative estimate of drug-likeness (QED) is 0.760. The van der Waals surface area contributed by atoms with Crippen LogP contribution in [0.15, 0.2) is 34.2 Å². The van der Waals surface area contributed by atoms with E-state index in [4.69, 9.17) is 4.74 Å². The van der Waals surface area contributed by atoms with E-state index in [1.165, 1.54) is 4.57 Å². The van der Waals surface area contributed by atoms with Gasteiger partial charge in [0.1, 0.15) is 5.75 Å². The van der Waals surface area contributed by atoms with Crippen molar-refractivity contribution in [2.24, 2.45) is 7.05 Å². The zero-order valence-electron chi connectivity index (χ0n) is 12.4. The predicted octanol–water partition coefficient (Wildman–Crippen LogP) is 1.56. The second kappa shape index (κ2) is 7.33. The Kier molecular flexibility index (Phi) is 5.46. The van der Waals surface area contributed by atoms with Crippen molar-refractivity contribution in [1.82, 2.24) is 20.1 Å². The molecule has 7 heteroatoms. The van der Waals surface area contributed by atoms with Crippen LogP contribution in [-0.2, 0) is 7.05 Å². The molecule has 0 fully saturated rings. The molecule has 2 N–H and O–H groups in total. The third-order valence-corrected chi connectivity index (χ3v) is 4.29. The fourth-order valence-electron chi connectivity index (χ4n) is 2.00. The highest BCUT2D eigenvalue weighted by molar-refractivity contribution is 7.99. The molecule has 2 aromatic rings. The van der Waals surface area contributed by atoms with Gasteiger partial charge in [0.05, 0.1) is 7.11 Å². The van der Waals surface area contributed by atoms with E-state index in [2.05, 4.69) is 28.5 Å². The second-order valence-corrected chi connectivity index (χ2v) is 5.56. The highest BCUT2D eigenvalue weighted by Gasteiger charge is 2.14. The van der Waals surface area contributed by atoms with Gasteiger partial charge in [0.15, 0.2) is 5.16 Å². The van der Waals surface area contributed by atoms with Crippen molar-refractivity contribution >= 4 is 11.8 Å². The van der Waals surface area contributed by atoms with Crippen molar-refractivity contribution in [3.8, 4) is 5.75 Å². The summed E-state index contributed by atoms with van der Waals surface area (Å²) < 4.78 is 6.78. The van der Waals surface area contributed by atoms with Crippen molar-refractivity contribution in [1.29, 1.82) is 0 Å². The number of nitrogens with zero attached hydrogens (tertiary/aromatic N) is 2. The molecule has 0 amide bonds. The highest BCUT2D eigenvalue weighted by atomic mass is 32.2. The molecule has 0 aliphatic carbocycles. The first kappa shape index (κ1) is 15.7. The monoisotopic (exact) mass is 308 g/mol. The predicted molar refractivity (Wildman–Crippen MR) is 84.0 cm³/mol. The van der Waals surface area contributed by atoms with Gasteiger partial charge in [-0.1, -0.05) is 30.8 Å². The van der Waals surface area contributed by atoms with E-state index in [1.807, 2.05) is 18.2 Å². The summed E-state index contributed by atoms with van der Waals surface area (Å²) in [6.07, 6.45) is 0. The van der Waals surface area contributed by atoms with Crippen LogP contribution in [0.4, 0.5) is 0 Å². The van der Waals surface area contributed by atoms with Crippen LogP contribution in [-0.4, -0.2) is 34.2 Å². The lowest BCUT2D eigenvalue weighted by atomic mass is 10.1. The molecule has 0 saturated carbocycles. The van der Waals surface area contributed by atoms with E-state index in [0.29, 0.717) is 5.16 Å². The van der Waals surface area contributed by atoms with Gasteiger partial charge in [-0.05, 0) is 24.2 Å². The number of ether oxygens (including phenoxy) is 1. The number of aromatic nitrogens is 3. The topological polar surface area (TPSA) is 71.9 Å². The molecular weight excluding hydrogens is 288 g/mol. The van der Waals surface area contributed by atoms with Gasteiger partial charge in [-0.3, -0.25) is 4.57 Å². The third-order valence-electron chi connectivity index (χ3n) is 3.16. The van der Waals surface area contributed by atoms with Crippen molar-refractivity contribution in [3.63, 3.8) is 0 Å². The van der Waals surface area contributed by atoms with Crippen molar-refractivity contribution < 1.29 is 4.74 Å². The lowest BCUT2D eigenvalue weighted by Gasteiger charge is -2.18. The molecule has 1 atom stereocenters.